The van der Waals surface area contributed by atoms with Crippen LogP contribution in [0.1, 0.15) is 13.3 Å². The summed E-state index contributed by atoms with van der Waals surface area (Å²) in [6.45, 7) is 1.54. The van der Waals surface area contributed by atoms with Gasteiger partial charge in [-0.2, -0.15) is 8.78 Å². The van der Waals surface area contributed by atoms with Gasteiger partial charge in [0, 0.05) is 11.2 Å². The maximum atomic E-state index is 12.8. The second kappa shape index (κ2) is 3.83. The molecule has 0 bridgehead atoms. The van der Waals surface area contributed by atoms with Crippen LogP contribution in [0.4, 0.5) is 13.2 Å². The van der Waals surface area contributed by atoms with Crippen molar-refractivity contribution >= 4 is 43.5 Å². The number of hydrogen-bond donors (Lipinski definition) is 0. The Bertz CT molecular complexity index is 132. The molecule has 0 aromatic heterocycles. The van der Waals surface area contributed by atoms with Crippen molar-refractivity contribution < 1.29 is 13.2 Å². The monoisotopic (exact) mass is 316 g/mol. The van der Waals surface area contributed by atoms with Crippen LogP contribution in [0.25, 0.3) is 0 Å². The largest absolute Gasteiger partial charge is 0.348 e. The van der Waals surface area contributed by atoms with E-state index in [2.05, 4.69) is 15.9 Å². The average Bonchev–Trinajstić information content (AvgIpc) is 1.56. The first-order chi connectivity index (χ1) is 4.67. The molecule has 0 spiro atoms. The fraction of sp³-hybridized carbons (Fsp3) is 1.00. The van der Waals surface area contributed by atoms with Crippen LogP contribution in [0.15, 0.2) is 0 Å². The van der Waals surface area contributed by atoms with Gasteiger partial charge in [0.1, 0.15) is 0 Å². The van der Waals surface area contributed by atoms with E-state index >= 15 is 0 Å². The van der Waals surface area contributed by atoms with E-state index in [9.17, 15) is 13.2 Å². The van der Waals surface area contributed by atoms with Crippen LogP contribution in [-0.2, 0) is 0 Å². The molecule has 0 amide bonds. The third-order valence-electron chi connectivity index (χ3n) is 0.952. The SMILES string of the molecule is C[C@H](Br)C[C@](F)(Cl)C(F)(F)Br. The smallest absolute Gasteiger partial charge is 0.218 e. The van der Waals surface area contributed by atoms with Crippen LogP contribution in [0, 0.1) is 0 Å². The Kier molecular flexibility index (Phi) is 4.19. The predicted molar refractivity (Wildman–Crippen MR) is 46.6 cm³/mol. The Morgan fingerprint density at radius 2 is 1.82 bits per heavy atom. The lowest BCUT2D eigenvalue weighted by molar-refractivity contribution is -0.00877. The molecule has 0 saturated carbocycles. The topological polar surface area (TPSA) is 0 Å². The third-order valence-corrected chi connectivity index (χ3v) is 2.52. The van der Waals surface area contributed by atoms with Crippen molar-refractivity contribution in [1.29, 1.82) is 0 Å². The molecule has 0 aliphatic carbocycles. The second-order valence-electron chi connectivity index (χ2n) is 2.19. The summed E-state index contributed by atoms with van der Waals surface area (Å²) in [6, 6.07) is 0. The van der Waals surface area contributed by atoms with Gasteiger partial charge in [-0.05, 0) is 15.9 Å². The lowest BCUT2D eigenvalue weighted by Gasteiger charge is -2.23. The van der Waals surface area contributed by atoms with Crippen LogP contribution in [-0.4, -0.2) is 14.8 Å². The van der Waals surface area contributed by atoms with Gasteiger partial charge in [0.25, 0.3) is 5.13 Å². The van der Waals surface area contributed by atoms with E-state index < -0.39 is 21.2 Å². The van der Waals surface area contributed by atoms with Gasteiger partial charge in [-0.25, -0.2) is 4.39 Å². The quantitative estimate of drug-likeness (QED) is 0.689. The molecule has 0 fully saturated rings. The van der Waals surface area contributed by atoms with E-state index in [-0.39, 0.29) is 0 Å². The molecule has 0 saturated heterocycles. The van der Waals surface area contributed by atoms with Gasteiger partial charge in [-0.15, -0.1) is 0 Å². The molecular formula is C5H6Br2ClF3. The molecule has 0 radical (unpaired) electrons. The van der Waals surface area contributed by atoms with Crippen LogP contribution in [0.5, 0.6) is 0 Å². The zero-order chi connectivity index (χ0) is 9.28. The molecule has 11 heavy (non-hydrogen) atoms. The highest BCUT2D eigenvalue weighted by atomic mass is 79.9. The molecule has 0 aliphatic rings. The molecule has 0 unspecified atom stereocenters. The molecule has 0 aliphatic heterocycles. The summed E-state index contributed by atoms with van der Waals surface area (Å²) in [6.07, 6.45) is -0.465. The zero-order valence-corrected chi connectivity index (χ0v) is 9.48. The van der Waals surface area contributed by atoms with Crippen LogP contribution in [0.3, 0.4) is 0 Å². The zero-order valence-electron chi connectivity index (χ0n) is 5.55. The molecule has 6 heteroatoms. The normalized spacial score (nSPS) is 21.0. The Morgan fingerprint density at radius 1 is 1.45 bits per heavy atom. The summed E-state index contributed by atoms with van der Waals surface area (Å²) in [7, 11) is 0. The van der Waals surface area contributed by atoms with Crippen molar-refractivity contribution in [2.45, 2.75) is 28.1 Å². The highest BCUT2D eigenvalue weighted by Crippen LogP contribution is 2.44. The molecule has 0 aromatic rings. The molecule has 0 nitrogen and oxygen atoms in total. The first-order valence-corrected chi connectivity index (χ1v) is 4.84. The van der Waals surface area contributed by atoms with Gasteiger partial charge in [0.2, 0.25) is 0 Å². The van der Waals surface area contributed by atoms with E-state index in [0.717, 1.165) is 0 Å². The van der Waals surface area contributed by atoms with Crippen molar-refractivity contribution in [3.63, 3.8) is 0 Å². The van der Waals surface area contributed by atoms with E-state index in [0.29, 0.717) is 0 Å². The maximum Gasteiger partial charge on any atom is 0.348 e. The van der Waals surface area contributed by atoms with Gasteiger partial charge in [-0.3, -0.25) is 0 Å². The fourth-order valence-corrected chi connectivity index (χ4v) is 1.49. The first-order valence-electron chi connectivity index (χ1n) is 2.75. The second-order valence-corrected chi connectivity index (χ2v) is 5.35. The fourth-order valence-electron chi connectivity index (χ4n) is 0.469. The molecule has 0 heterocycles. The number of halogens is 6. The van der Waals surface area contributed by atoms with E-state index in [4.69, 9.17) is 11.6 Å². The molecule has 0 aromatic carbocycles. The van der Waals surface area contributed by atoms with Crippen LogP contribution < -0.4 is 0 Å². The highest BCUT2D eigenvalue weighted by Gasteiger charge is 2.51. The number of hydrogen-bond acceptors (Lipinski definition) is 0. The Balaban J connectivity index is 4.22. The minimum Gasteiger partial charge on any atom is -0.218 e. The van der Waals surface area contributed by atoms with Crippen LogP contribution >= 0.6 is 43.5 Å². The lowest BCUT2D eigenvalue weighted by Crippen LogP contribution is -2.35. The Hall–Kier alpha value is 1.04. The molecular weight excluding hydrogens is 312 g/mol. The highest BCUT2D eigenvalue weighted by molar-refractivity contribution is 9.10. The van der Waals surface area contributed by atoms with Gasteiger partial charge in [-0.1, -0.05) is 34.5 Å². The van der Waals surface area contributed by atoms with Crippen molar-refractivity contribution in [1.82, 2.24) is 0 Å². The number of alkyl halides is 6. The molecule has 0 rings (SSSR count). The third kappa shape index (κ3) is 3.99. The summed E-state index contributed by atoms with van der Waals surface area (Å²) in [5, 5.41) is -3.03. The van der Waals surface area contributed by atoms with Crippen molar-refractivity contribution in [2.24, 2.45) is 0 Å². The van der Waals surface area contributed by atoms with Gasteiger partial charge >= 0.3 is 4.83 Å². The summed E-state index contributed by atoms with van der Waals surface area (Å²) in [5.41, 5.74) is 0. The van der Waals surface area contributed by atoms with E-state index in [1.165, 1.54) is 6.92 Å². The molecule has 2 atom stereocenters. The van der Waals surface area contributed by atoms with Crippen molar-refractivity contribution in [3.05, 3.63) is 0 Å². The maximum absolute atomic E-state index is 12.8. The van der Waals surface area contributed by atoms with Gasteiger partial charge < -0.3 is 0 Å². The number of rotatable bonds is 3. The van der Waals surface area contributed by atoms with E-state index in [1.807, 2.05) is 15.9 Å². The minimum absolute atomic E-state index is 0.395. The van der Waals surface area contributed by atoms with Crippen LogP contribution in [0.2, 0.25) is 0 Å². The standard InChI is InChI=1S/C5H6Br2ClF3/c1-3(6)2-4(8,9)5(7,10)11/h3H,2H2,1H3/t3-,4+/m0/s1. The lowest BCUT2D eigenvalue weighted by atomic mass is 10.2. The van der Waals surface area contributed by atoms with Crippen molar-refractivity contribution in [2.75, 3.05) is 0 Å². The van der Waals surface area contributed by atoms with E-state index in [1.54, 1.807) is 0 Å². The van der Waals surface area contributed by atoms with Gasteiger partial charge in [0.15, 0.2) is 0 Å². The minimum atomic E-state index is -3.69. The summed E-state index contributed by atoms with van der Waals surface area (Å²) >= 11 is 9.71. The Morgan fingerprint density at radius 3 is 1.91 bits per heavy atom. The summed E-state index contributed by atoms with van der Waals surface area (Å²) in [5.74, 6) is 0. The predicted octanol–water partition coefficient (Wildman–Crippen LogP) is 4.05. The summed E-state index contributed by atoms with van der Waals surface area (Å²) in [4.78, 5) is -4.09. The summed E-state index contributed by atoms with van der Waals surface area (Å²) < 4.78 is 37.3. The average molecular weight is 318 g/mol. The molecule has 68 valence electrons. The first kappa shape index (κ1) is 12.0. The van der Waals surface area contributed by atoms with Crippen molar-refractivity contribution in [3.8, 4) is 0 Å². The Labute approximate surface area is 84.7 Å². The molecule has 0 N–H and O–H groups in total. The van der Waals surface area contributed by atoms with Gasteiger partial charge in [0.05, 0.1) is 0 Å².